The molecule has 1 heterocycles. The van der Waals surface area contributed by atoms with Gasteiger partial charge in [0.05, 0.1) is 16.4 Å². The molecule has 0 saturated heterocycles. The van der Waals surface area contributed by atoms with Crippen LogP contribution in [0, 0.1) is 0 Å². The highest BCUT2D eigenvalue weighted by Gasteiger charge is 2.48. The van der Waals surface area contributed by atoms with Gasteiger partial charge in [0.2, 0.25) is 5.91 Å². The number of para-hydroxylation sites is 1. The number of likely N-dealkylation sites (N-methyl/N-ethyl adjacent to an activating group) is 1. The van der Waals surface area contributed by atoms with Crippen LogP contribution in [0.1, 0.15) is 25.7 Å². The van der Waals surface area contributed by atoms with E-state index in [2.05, 4.69) is 10.2 Å². The van der Waals surface area contributed by atoms with Crippen LogP contribution < -0.4 is 10.2 Å². The third-order valence-corrected chi connectivity index (χ3v) is 4.37. The van der Waals surface area contributed by atoms with Crippen LogP contribution in [0.4, 0.5) is 11.4 Å². The first kappa shape index (κ1) is 10.9. The van der Waals surface area contributed by atoms with Crippen molar-refractivity contribution in [2.45, 2.75) is 31.2 Å². The molecule has 4 heteroatoms. The Hall–Kier alpha value is -1.22. The largest absolute Gasteiger partial charge is 0.357 e. The molecule has 1 saturated carbocycles. The Labute approximate surface area is 106 Å². The summed E-state index contributed by atoms with van der Waals surface area (Å²) in [6.45, 7) is 0. The normalized spacial score (nSPS) is 21.5. The van der Waals surface area contributed by atoms with Crippen LogP contribution in [0.3, 0.4) is 0 Å². The third kappa shape index (κ3) is 1.38. The molecule has 3 rings (SSSR count). The number of carbonyl (C=O) groups is 1. The van der Waals surface area contributed by atoms with Gasteiger partial charge < -0.3 is 10.2 Å². The van der Waals surface area contributed by atoms with Crippen LogP contribution in [0.5, 0.6) is 0 Å². The van der Waals surface area contributed by atoms with E-state index in [4.69, 9.17) is 11.6 Å². The number of amides is 1. The van der Waals surface area contributed by atoms with Gasteiger partial charge in [-0.25, -0.2) is 0 Å². The average molecular weight is 251 g/mol. The van der Waals surface area contributed by atoms with Gasteiger partial charge in [0.1, 0.15) is 5.54 Å². The highest BCUT2D eigenvalue weighted by molar-refractivity contribution is 6.34. The van der Waals surface area contributed by atoms with Gasteiger partial charge >= 0.3 is 0 Å². The Morgan fingerprint density at radius 3 is 2.76 bits per heavy atom. The molecule has 0 aromatic heterocycles. The van der Waals surface area contributed by atoms with Crippen LogP contribution in [0.15, 0.2) is 18.2 Å². The van der Waals surface area contributed by atoms with E-state index in [1.807, 2.05) is 25.2 Å². The Balaban J connectivity index is 2.15. The van der Waals surface area contributed by atoms with E-state index >= 15 is 0 Å². The summed E-state index contributed by atoms with van der Waals surface area (Å²) >= 11 is 6.25. The van der Waals surface area contributed by atoms with Crippen molar-refractivity contribution in [1.29, 1.82) is 0 Å². The maximum Gasteiger partial charge on any atom is 0.250 e. The Kier molecular flexibility index (Phi) is 2.33. The molecule has 2 aliphatic rings. The zero-order valence-electron chi connectivity index (χ0n) is 9.79. The van der Waals surface area contributed by atoms with Gasteiger partial charge in [-0.05, 0) is 25.0 Å². The van der Waals surface area contributed by atoms with Crippen molar-refractivity contribution < 1.29 is 4.79 Å². The molecule has 1 aromatic rings. The maximum absolute atomic E-state index is 12.3. The third-order valence-electron chi connectivity index (χ3n) is 4.07. The standard InChI is InChI=1S/C13H15ClN2O/c1-16-11-9(14)5-4-6-10(11)15-12(17)13(16)7-2-3-8-13/h4-6H,2-3,7-8H2,1H3,(H,15,17). The monoisotopic (exact) mass is 250 g/mol. The number of rotatable bonds is 0. The second-order valence-corrected chi connectivity index (χ2v) is 5.30. The number of halogens is 1. The Morgan fingerprint density at radius 2 is 2.06 bits per heavy atom. The first-order valence-corrected chi connectivity index (χ1v) is 6.37. The van der Waals surface area contributed by atoms with Gasteiger partial charge in [-0.1, -0.05) is 30.5 Å². The van der Waals surface area contributed by atoms with Gasteiger partial charge in [0, 0.05) is 7.05 Å². The van der Waals surface area contributed by atoms with E-state index in [0.29, 0.717) is 5.02 Å². The van der Waals surface area contributed by atoms with Crippen LogP contribution in [0.2, 0.25) is 5.02 Å². The molecular formula is C13H15ClN2O. The molecule has 17 heavy (non-hydrogen) atoms. The minimum Gasteiger partial charge on any atom is -0.357 e. The summed E-state index contributed by atoms with van der Waals surface area (Å²) in [6.07, 6.45) is 4.05. The smallest absolute Gasteiger partial charge is 0.250 e. The summed E-state index contributed by atoms with van der Waals surface area (Å²) in [7, 11) is 1.98. The van der Waals surface area contributed by atoms with Gasteiger partial charge in [-0.3, -0.25) is 4.79 Å². The minimum absolute atomic E-state index is 0.118. The van der Waals surface area contributed by atoms with Crippen molar-refractivity contribution in [1.82, 2.24) is 0 Å². The van der Waals surface area contributed by atoms with Gasteiger partial charge in [0.15, 0.2) is 0 Å². The number of hydrogen-bond donors (Lipinski definition) is 1. The highest BCUT2D eigenvalue weighted by atomic mass is 35.5. The topological polar surface area (TPSA) is 32.3 Å². The summed E-state index contributed by atoms with van der Waals surface area (Å²) in [5.41, 5.74) is 1.40. The zero-order chi connectivity index (χ0) is 12.0. The van der Waals surface area contributed by atoms with Crippen molar-refractivity contribution in [3.8, 4) is 0 Å². The summed E-state index contributed by atoms with van der Waals surface area (Å²) in [6, 6.07) is 5.64. The fraction of sp³-hybridized carbons (Fsp3) is 0.462. The van der Waals surface area contributed by atoms with E-state index in [0.717, 1.165) is 37.1 Å². The molecule has 1 fully saturated rings. The summed E-state index contributed by atoms with van der Waals surface area (Å²) in [4.78, 5) is 14.4. The molecule has 1 aliphatic carbocycles. The van der Waals surface area contributed by atoms with E-state index in [9.17, 15) is 4.79 Å². The maximum atomic E-state index is 12.3. The predicted octanol–water partition coefficient (Wildman–Crippen LogP) is 3.04. The van der Waals surface area contributed by atoms with Crippen LogP contribution >= 0.6 is 11.6 Å². The molecule has 0 bridgehead atoms. The molecular weight excluding hydrogens is 236 g/mol. The number of nitrogens with one attached hydrogen (secondary N) is 1. The molecule has 0 atom stereocenters. The molecule has 3 nitrogen and oxygen atoms in total. The fourth-order valence-electron chi connectivity index (χ4n) is 3.08. The van der Waals surface area contributed by atoms with E-state index in [1.54, 1.807) is 0 Å². The fourth-order valence-corrected chi connectivity index (χ4v) is 3.39. The van der Waals surface area contributed by atoms with Gasteiger partial charge in [0.25, 0.3) is 0 Å². The minimum atomic E-state index is -0.377. The van der Waals surface area contributed by atoms with Gasteiger partial charge in [-0.2, -0.15) is 0 Å². The number of hydrogen-bond acceptors (Lipinski definition) is 2. The molecule has 1 N–H and O–H groups in total. The first-order valence-electron chi connectivity index (χ1n) is 5.99. The number of fused-ring (bicyclic) bond motifs is 1. The van der Waals surface area contributed by atoms with Crippen LogP contribution in [0.25, 0.3) is 0 Å². The molecule has 90 valence electrons. The Bertz CT molecular complexity index is 480. The second kappa shape index (κ2) is 3.64. The van der Waals surface area contributed by atoms with E-state index in [1.165, 1.54) is 0 Å². The van der Waals surface area contributed by atoms with Crippen molar-refractivity contribution in [3.63, 3.8) is 0 Å². The van der Waals surface area contributed by atoms with Crippen molar-refractivity contribution in [2.24, 2.45) is 0 Å². The summed E-state index contributed by atoms with van der Waals surface area (Å²) in [5.74, 6) is 0.118. The Morgan fingerprint density at radius 1 is 1.35 bits per heavy atom. The lowest BCUT2D eigenvalue weighted by molar-refractivity contribution is -0.121. The zero-order valence-corrected chi connectivity index (χ0v) is 10.5. The lowest BCUT2D eigenvalue weighted by Gasteiger charge is -2.44. The lowest BCUT2D eigenvalue weighted by Crippen LogP contribution is -2.56. The SMILES string of the molecule is CN1c2c(Cl)cccc2NC(=O)C12CCCC2. The van der Waals surface area contributed by atoms with Crippen molar-refractivity contribution in [3.05, 3.63) is 23.2 Å². The molecule has 1 amide bonds. The number of nitrogens with zero attached hydrogens (tertiary/aromatic N) is 1. The first-order chi connectivity index (χ1) is 8.15. The quantitative estimate of drug-likeness (QED) is 0.768. The molecule has 1 spiro atoms. The van der Waals surface area contributed by atoms with Crippen LogP contribution in [-0.2, 0) is 4.79 Å². The van der Waals surface area contributed by atoms with Crippen molar-refractivity contribution >= 4 is 28.9 Å². The molecule has 0 radical (unpaired) electrons. The molecule has 1 aromatic carbocycles. The molecule has 0 unspecified atom stereocenters. The van der Waals surface area contributed by atoms with E-state index in [-0.39, 0.29) is 11.4 Å². The summed E-state index contributed by atoms with van der Waals surface area (Å²) < 4.78 is 0. The number of anilines is 2. The number of benzene rings is 1. The van der Waals surface area contributed by atoms with Gasteiger partial charge in [-0.15, -0.1) is 0 Å². The predicted molar refractivity (Wildman–Crippen MR) is 69.7 cm³/mol. The number of carbonyl (C=O) groups excluding carboxylic acids is 1. The van der Waals surface area contributed by atoms with Crippen molar-refractivity contribution in [2.75, 3.05) is 17.3 Å². The summed E-state index contributed by atoms with van der Waals surface area (Å²) in [5, 5.41) is 3.70. The lowest BCUT2D eigenvalue weighted by atomic mass is 9.91. The second-order valence-electron chi connectivity index (χ2n) is 4.89. The van der Waals surface area contributed by atoms with E-state index < -0.39 is 0 Å². The molecule has 1 aliphatic heterocycles. The van der Waals surface area contributed by atoms with Crippen LogP contribution in [-0.4, -0.2) is 18.5 Å². The average Bonchev–Trinajstić information content (AvgIpc) is 2.77. The highest BCUT2D eigenvalue weighted by Crippen LogP contribution is 2.46.